The van der Waals surface area contributed by atoms with Gasteiger partial charge in [-0.3, -0.25) is 9.69 Å². The normalized spacial score (nSPS) is 24.4. The second-order valence-corrected chi connectivity index (χ2v) is 10.6. The van der Waals surface area contributed by atoms with Gasteiger partial charge < -0.3 is 19.1 Å². The molecule has 1 aliphatic heterocycles. The summed E-state index contributed by atoms with van der Waals surface area (Å²) in [6, 6.07) is 9.66. The highest BCUT2D eigenvalue weighted by Gasteiger charge is 2.53. The van der Waals surface area contributed by atoms with Crippen LogP contribution in [0.1, 0.15) is 69.3 Å². The van der Waals surface area contributed by atoms with Gasteiger partial charge in [0.15, 0.2) is 11.4 Å². The maximum atomic E-state index is 12.7. The summed E-state index contributed by atoms with van der Waals surface area (Å²) in [7, 11) is 1.41. The molecule has 2 aliphatic carbocycles. The number of rotatable bonds is 5. The summed E-state index contributed by atoms with van der Waals surface area (Å²) in [4.78, 5) is 35.9. The Morgan fingerprint density at radius 3 is 2.68 bits per heavy atom. The summed E-state index contributed by atoms with van der Waals surface area (Å²) in [5.41, 5.74) is 3.10. The number of pyridine rings is 1. The Morgan fingerprint density at radius 1 is 1.14 bits per heavy atom. The third-order valence-electron chi connectivity index (χ3n) is 8.24. The molecule has 3 aliphatic rings. The highest BCUT2D eigenvalue weighted by Crippen LogP contribution is 2.52. The van der Waals surface area contributed by atoms with Crippen LogP contribution in [0, 0.1) is 5.92 Å². The maximum absolute atomic E-state index is 12.7. The van der Waals surface area contributed by atoms with Crippen LogP contribution in [0.15, 0.2) is 36.5 Å². The lowest BCUT2D eigenvalue weighted by Crippen LogP contribution is -2.42. The van der Waals surface area contributed by atoms with E-state index in [1.54, 1.807) is 11.1 Å². The van der Waals surface area contributed by atoms with Crippen molar-refractivity contribution in [3.63, 3.8) is 0 Å². The summed E-state index contributed by atoms with van der Waals surface area (Å²) >= 11 is 0. The number of aliphatic carboxylic acids is 1. The molecular formula is C28H32N4O5. The highest BCUT2D eigenvalue weighted by molar-refractivity contribution is 5.95. The number of carboxylic acid groups (broad SMARTS) is 1. The first-order valence-electron chi connectivity index (χ1n) is 13.2. The Labute approximate surface area is 215 Å². The first kappa shape index (κ1) is 23.8. The van der Waals surface area contributed by atoms with Crippen LogP contribution in [0.2, 0.25) is 0 Å². The van der Waals surface area contributed by atoms with E-state index in [0.717, 1.165) is 66.6 Å². The number of carbonyl (C=O) groups excluding carboxylic acids is 1. The molecule has 0 spiro atoms. The van der Waals surface area contributed by atoms with E-state index in [9.17, 15) is 14.7 Å². The van der Waals surface area contributed by atoms with E-state index in [2.05, 4.69) is 9.55 Å². The first-order chi connectivity index (χ1) is 17.9. The van der Waals surface area contributed by atoms with Crippen molar-refractivity contribution in [2.75, 3.05) is 12.0 Å². The Bertz CT molecular complexity index is 1350. The van der Waals surface area contributed by atoms with Crippen LogP contribution in [-0.2, 0) is 21.6 Å². The topological polar surface area (TPSA) is 107 Å². The molecule has 37 heavy (non-hydrogen) atoms. The third-order valence-corrected chi connectivity index (χ3v) is 8.24. The van der Waals surface area contributed by atoms with E-state index in [1.165, 1.54) is 7.11 Å². The number of imidazole rings is 1. The fourth-order valence-electron chi connectivity index (χ4n) is 6.18. The molecule has 194 valence electrons. The molecule has 0 radical (unpaired) electrons. The van der Waals surface area contributed by atoms with E-state index in [0.29, 0.717) is 18.7 Å². The number of amides is 1. The summed E-state index contributed by atoms with van der Waals surface area (Å²) in [5, 5.41) is 9.78. The number of anilines is 1. The van der Waals surface area contributed by atoms with Gasteiger partial charge in [-0.1, -0.05) is 12.5 Å². The predicted molar refractivity (Wildman–Crippen MR) is 137 cm³/mol. The van der Waals surface area contributed by atoms with E-state index in [4.69, 9.17) is 14.5 Å². The molecule has 0 unspecified atom stereocenters. The minimum atomic E-state index is -0.735. The standard InChI is InChI=1S/C28H32N4O5/c1-17-9-10-20-21(31(17)27(35)36-2)11-12-22-24(20)30-26(28(13-14-28)37-23-8-3-4-15-29-23)32(22)19-7-5-6-18(16-19)25(33)34/h3-4,8,11-12,15,17-19H,5-7,9-10,13-14,16H2,1-2H3,(H,33,34)/t17-,18+,19+/m0/s1. The second-order valence-electron chi connectivity index (χ2n) is 10.6. The molecule has 2 saturated carbocycles. The number of carboxylic acids is 1. The molecule has 2 aromatic heterocycles. The van der Waals surface area contributed by atoms with Crippen LogP contribution in [-0.4, -0.2) is 44.9 Å². The Morgan fingerprint density at radius 2 is 1.97 bits per heavy atom. The van der Waals surface area contributed by atoms with Crippen LogP contribution in [0.4, 0.5) is 10.5 Å². The van der Waals surface area contributed by atoms with Gasteiger partial charge in [0.2, 0.25) is 5.88 Å². The second kappa shape index (κ2) is 9.04. The summed E-state index contributed by atoms with van der Waals surface area (Å²) < 4.78 is 13.8. The van der Waals surface area contributed by atoms with Crippen molar-refractivity contribution in [1.29, 1.82) is 0 Å². The van der Waals surface area contributed by atoms with Crippen LogP contribution >= 0.6 is 0 Å². The lowest BCUT2D eigenvalue weighted by atomic mass is 9.85. The SMILES string of the molecule is COC(=O)N1c2ccc3c(nc(C4(Oc5ccccn5)CC4)n3[C@@H]3CCC[C@@H](C(=O)O)C3)c2CC[C@@H]1C. The van der Waals surface area contributed by atoms with Crippen molar-refractivity contribution < 1.29 is 24.2 Å². The lowest BCUT2D eigenvalue weighted by molar-refractivity contribution is -0.143. The number of aromatic nitrogens is 3. The van der Waals surface area contributed by atoms with Gasteiger partial charge in [-0.05, 0) is 70.1 Å². The van der Waals surface area contributed by atoms with E-state index in [1.807, 2.05) is 37.3 Å². The summed E-state index contributed by atoms with van der Waals surface area (Å²) in [5.74, 6) is 0.282. The molecule has 1 aromatic carbocycles. The van der Waals surface area contributed by atoms with Crippen LogP contribution < -0.4 is 9.64 Å². The Balaban J connectivity index is 1.51. The molecule has 3 aromatic rings. The molecule has 3 heterocycles. The van der Waals surface area contributed by atoms with Crippen molar-refractivity contribution >= 4 is 28.8 Å². The molecule has 1 amide bonds. The summed E-state index contributed by atoms with van der Waals surface area (Å²) in [6.45, 7) is 2.03. The van der Waals surface area contributed by atoms with Gasteiger partial charge in [-0.2, -0.15) is 0 Å². The number of carbonyl (C=O) groups is 2. The van der Waals surface area contributed by atoms with Gasteiger partial charge >= 0.3 is 12.1 Å². The fourth-order valence-corrected chi connectivity index (χ4v) is 6.18. The van der Waals surface area contributed by atoms with Crippen LogP contribution in [0.25, 0.3) is 11.0 Å². The summed E-state index contributed by atoms with van der Waals surface area (Å²) in [6.07, 6.45) is 7.59. The average Bonchev–Trinajstić information content (AvgIpc) is 3.58. The van der Waals surface area contributed by atoms with Gasteiger partial charge in [0.1, 0.15) is 0 Å². The minimum Gasteiger partial charge on any atom is -0.481 e. The largest absolute Gasteiger partial charge is 0.481 e. The zero-order valence-corrected chi connectivity index (χ0v) is 21.2. The number of nitrogens with zero attached hydrogens (tertiary/aromatic N) is 4. The van der Waals surface area contributed by atoms with Gasteiger partial charge in [0.05, 0.1) is 29.7 Å². The van der Waals surface area contributed by atoms with Crippen molar-refractivity contribution in [2.45, 2.75) is 76.0 Å². The molecular weight excluding hydrogens is 472 g/mol. The quantitative estimate of drug-likeness (QED) is 0.507. The molecule has 0 bridgehead atoms. The zero-order valence-electron chi connectivity index (χ0n) is 21.2. The van der Waals surface area contributed by atoms with Gasteiger partial charge in [0.25, 0.3) is 0 Å². The van der Waals surface area contributed by atoms with Crippen molar-refractivity contribution in [3.05, 3.63) is 47.9 Å². The highest BCUT2D eigenvalue weighted by atomic mass is 16.5. The average molecular weight is 505 g/mol. The maximum Gasteiger partial charge on any atom is 0.414 e. The van der Waals surface area contributed by atoms with E-state index < -0.39 is 11.6 Å². The molecule has 9 heteroatoms. The Kier molecular flexibility index (Phi) is 5.81. The zero-order chi connectivity index (χ0) is 25.7. The number of aryl methyl sites for hydroxylation is 1. The van der Waals surface area contributed by atoms with Crippen molar-refractivity contribution in [1.82, 2.24) is 14.5 Å². The van der Waals surface area contributed by atoms with Gasteiger partial charge in [0, 0.05) is 29.9 Å². The molecule has 1 N–H and O–H groups in total. The number of benzene rings is 1. The van der Waals surface area contributed by atoms with Gasteiger partial charge in [-0.25, -0.2) is 14.8 Å². The number of fused-ring (bicyclic) bond motifs is 3. The molecule has 2 fully saturated rings. The first-order valence-corrected chi connectivity index (χ1v) is 13.2. The van der Waals surface area contributed by atoms with Crippen molar-refractivity contribution in [2.24, 2.45) is 5.92 Å². The third kappa shape index (κ3) is 4.01. The Hall–Kier alpha value is -3.62. The van der Waals surface area contributed by atoms with Crippen molar-refractivity contribution in [3.8, 4) is 5.88 Å². The van der Waals surface area contributed by atoms with E-state index >= 15 is 0 Å². The fraction of sp³-hybridized carbons (Fsp3) is 0.500. The monoisotopic (exact) mass is 504 g/mol. The number of methoxy groups -OCH3 is 1. The lowest BCUT2D eigenvalue weighted by Gasteiger charge is -2.34. The molecule has 9 nitrogen and oxygen atoms in total. The minimum absolute atomic E-state index is 0.0110. The predicted octanol–water partition coefficient (Wildman–Crippen LogP) is 5.22. The number of hydrogen-bond donors (Lipinski definition) is 1. The van der Waals surface area contributed by atoms with Gasteiger partial charge in [-0.15, -0.1) is 0 Å². The smallest absolute Gasteiger partial charge is 0.414 e. The molecule has 0 saturated heterocycles. The number of ether oxygens (including phenoxy) is 2. The molecule has 3 atom stereocenters. The number of hydrogen-bond acceptors (Lipinski definition) is 6. The van der Waals surface area contributed by atoms with Crippen LogP contribution in [0.3, 0.4) is 0 Å². The van der Waals surface area contributed by atoms with E-state index in [-0.39, 0.29) is 24.1 Å². The molecule has 6 rings (SSSR count). The van der Waals surface area contributed by atoms with Crippen LogP contribution in [0.5, 0.6) is 5.88 Å².